The second kappa shape index (κ2) is 4.86. The summed E-state index contributed by atoms with van der Waals surface area (Å²) in [6.45, 7) is 0. The monoisotopic (exact) mass is 166 g/mol. The van der Waals surface area contributed by atoms with Crippen LogP contribution < -0.4 is 0 Å². The highest BCUT2D eigenvalue weighted by molar-refractivity contribution is 5.91. The van der Waals surface area contributed by atoms with Crippen LogP contribution in [0.15, 0.2) is 12.2 Å². The molecule has 2 nitrogen and oxygen atoms in total. The molecule has 2 rings (SSSR count). The molecule has 0 N–H and O–H groups in total. The molecule has 0 aliphatic heterocycles. The van der Waals surface area contributed by atoms with Gasteiger partial charge in [-0.3, -0.25) is 9.59 Å². The minimum atomic E-state index is 0.273. The van der Waals surface area contributed by atoms with Crippen molar-refractivity contribution in [3.63, 3.8) is 0 Å². The number of hydrogen-bond acceptors (Lipinski definition) is 2. The second-order valence-electron chi connectivity index (χ2n) is 3.15. The molecule has 0 radical (unpaired) electrons. The van der Waals surface area contributed by atoms with Crippen molar-refractivity contribution in [2.75, 3.05) is 0 Å². The van der Waals surface area contributed by atoms with E-state index in [2.05, 4.69) is 0 Å². The molecule has 2 aliphatic carbocycles. The first-order chi connectivity index (χ1) is 5.79. The van der Waals surface area contributed by atoms with E-state index in [1.165, 1.54) is 0 Å². The van der Waals surface area contributed by atoms with Gasteiger partial charge in [-0.05, 0) is 25.3 Å². The van der Waals surface area contributed by atoms with Crippen molar-refractivity contribution in [2.45, 2.75) is 38.5 Å². The van der Waals surface area contributed by atoms with Gasteiger partial charge < -0.3 is 0 Å². The third-order valence-corrected chi connectivity index (χ3v) is 2.02. The van der Waals surface area contributed by atoms with Gasteiger partial charge in [-0.2, -0.15) is 0 Å². The van der Waals surface area contributed by atoms with Gasteiger partial charge in [-0.1, -0.05) is 6.08 Å². The van der Waals surface area contributed by atoms with Gasteiger partial charge in [0.15, 0.2) is 5.78 Å². The summed E-state index contributed by atoms with van der Waals surface area (Å²) >= 11 is 0. The predicted molar refractivity (Wildman–Crippen MR) is 46.9 cm³/mol. The molecule has 2 heteroatoms. The molecular formula is C10H14O2. The minimum Gasteiger partial charge on any atom is -0.300 e. The first-order valence-corrected chi connectivity index (χ1v) is 4.50. The Kier molecular flexibility index (Phi) is 3.71. The zero-order chi connectivity index (χ0) is 8.81. The van der Waals surface area contributed by atoms with E-state index >= 15 is 0 Å². The molecule has 66 valence electrons. The van der Waals surface area contributed by atoms with Gasteiger partial charge in [0.25, 0.3) is 0 Å². The highest BCUT2D eigenvalue weighted by atomic mass is 16.1. The molecule has 0 aromatic carbocycles. The minimum absolute atomic E-state index is 0.273. The first-order valence-electron chi connectivity index (χ1n) is 4.50. The van der Waals surface area contributed by atoms with E-state index in [9.17, 15) is 9.59 Å². The fraction of sp³-hybridized carbons (Fsp3) is 0.600. The maximum atomic E-state index is 10.2. The lowest BCUT2D eigenvalue weighted by Crippen LogP contribution is -1.81. The van der Waals surface area contributed by atoms with Crippen LogP contribution in [0.1, 0.15) is 38.5 Å². The van der Waals surface area contributed by atoms with E-state index < -0.39 is 0 Å². The van der Waals surface area contributed by atoms with Gasteiger partial charge >= 0.3 is 0 Å². The maximum Gasteiger partial charge on any atom is 0.155 e. The molecule has 0 saturated heterocycles. The smallest absolute Gasteiger partial charge is 0.155 e. The van der Waals surface area contributed by atoms with Crippen molar-refractivity contribution in [2.24, 2.45) is 0 Å². The summed E-state index contributed by atoms with van der Waals surface area (Å²) in [7, 11) is 0. The number of carbonyl (C=O) groups is 2. The summed E-state index contributed by atoms with van der Waals surface area (Å²) in [6.07, 6.45) is 9.21. The van der Waals surface area contributed by atoms with Gasteiger partial charge in [0.2, 0.25) is 0 Å². The molecule has 0 bridgehead atoms. The number of ketones is 2. The fourth-order valence-corrected chi connectivity index (χ4v) is 1.29. The van der Waals surface area contributed by atoms with Crippen molar-refractivity contribution >= 4 is 11.6 Å². The van der Waals surface area contributed by atoms with Gasteiger partial charge in [-0.25, -0.2) is 0 Å². The van der Waals surface area contributed by atoms with Crippen molar-refractivity contribution in [1.29, 1.82) is 0 Å². The van der Waals surface area contributed by atoms with E-state index in [1.54, 1.807) is 6.08 Å². The van der Waals surface area contributed by atoms with Gasteiger partial charge in [0, 0.05) is 19.3 Å². The summed E-state index contributed by atoms with van der Waals surface area (Å²) in [5, 5.41) is 0. The van der Waals surface area contributed by atoms with Crippen molar-refractivity contribution in [1.82, 2.24) is 0 Å². The van der Waals surface area contributed by atoms with Crippen LogP contribution in [0.5, 0.6) is 0 Å². The summed E-state index contributed by atoms with van der Waals surface area (Å²) in [6, 6.07) is 0. The number of hydrogen-bond donors (Lipinski definition) is 0. The van der Waals surface area contributed by atoms with E-state index in [4.69, 9.17) is 0 Å². The fourth-order valence-electron chi connectivity index (χ4n) is 1.29. The molecule has 1 saturated carbocycles. The Bertz CT molecular complexity index is 196. The van der Waals surface area contributed by atoms with Crippen LogP contribution in [0.2, 0.25) is 0 Å². The Balaban J connectivity index is 0.000000120. The number of allylic oxidation sites excluding steroid dienone is 2. The predicted octanol–water partition coefficient (Wildman–Crippen LogP) is 2.04. The summed E-state index contributed by atoms with van der Waals surface area (Å²) in [5.41, 5.74) is 0. The first kappa shape index (κ1) is 9.17. The third kappa shape index (κ3) is 3.46. The lowest BCUT2D eigenvalue weighted by molar-refractivity contribution is -0.117. The molecule has 0 amide bonds. The van der Waals surface area contributed by atoms with E-state index in [1.807, 2.05) is 6.08 Å². The molecular weight excluding hydrogens is 152 g/mol. The van der Waals surface area contributed by atoms with Crippen LogP contribution in [0.3, 0.4) is 0 Å². The lowest BCUT2D eigenvalue weighted by atomic mass is 10.3. The van der Waals surface area contributed by atoms with E-state index in [0.717, 1.165) is 38.5 Å². The normalized spacial score (nSPS) is 21.0. The van der Waals surface area contributed by atoms with Crippen LogP contribution >= 0.6 is 0 Å². The molecule has 0 unspecified atom stereocenters. The number of rotatable bonds is 0. The highest BCUT2D eigenvalue weighted by Crippen LogP contribution is 2.11. The standard InChI is InChI=1S/C5H8O.C5H6O/c2*6-5-3-1-2-4-5/h1-4H2;1,3H,2,4H2. The van der Waals surface area contributed by atoms with Crippen molar-refractivity contribution in [3.05, 3.63) is 12.2 Å². The Labute approximate surface area is 72.7 Å². The molecule has 0 spiro atoms. The van der Waals surface area contributed by atoms with Crippen LogP contribution in [0.4, 0.5) is 0 Å². The van der Waals surface area contributed by atoms with Crippen molar-refractivity contribution < 1.29 is 9.59 Å². The average Bonchev–Trinajstić information content (AvgIpc) is 2.63. The van der Waals surface area contributed by atoms with Crippen LogP contribution in [-0.4, -0.2) is 11.6 Å². The lowest BCUT2D eigenvalue weighted by Gasteiger charge is -1.71. The van der Waals surface area contributed by atoms with Crippen LogP contribution in [0, 0.1) is 0 Å². The Morgan fingerprint density at radius 1 is 1.00 bits per heavy atom. The largest absolute Gasteiger partial charge is 0.300 e. The average molecular weight is 166 g/mol. The maximum absolute atomic E-state index is 10.2. The Hall–Kier alpha value is -0.920. The summed E-state index contributed by atoms with van der Waals surface area (Å²) in [5.74, 6) is 0.727. The number of Topliss-reactive ketones (excluding diaryl/α,β-unsaturated/α-hetero) is 1. The summed E-state index contributed by atoms with van der Waals surface area (Å²) < 4.78 is 0. The zero-order valence-electron chi connectivity index (χ0n) is 7.21. The molecule has 12 heavy (non-hydrogen) atoms. The van der Waals surface area contributed by atoms with E-state index in [-0.39, 0.29) is 5.78 Å². The Morgan fingerprint density at radius 3 is 1.83 bits per heavy atom. The zero-order valence-corrected chi connectivity index (χ0v) is 7.21. The molecule has 0 aromatic heterocycles. The van der Waals surface area contributed by atoms with Gasteiger partial charge in [0.05, 0.1) is 0 Å². The molecule has 0 atom stereocenters. The molecule has 0 aromatic rings. The van der Waals surface area contributed by atoms with Gasteiger partial charge in [0.1, 0.15) is 5.78 Å². The van der Waals surface area contributed by atoms with Crippen LogP contribution in [-0.2, 0) is 9.59 Å². The molecule has 1 fully saturated rings. The molecule has 0 heterocycles. The molecule has 2 aliphatic rings. The quantitative estimate of drug-likeness (QED) is 0.551. The highest BCUT2D eigenvalue weighted by Gasteiger charge is 2.07. The third-order valence-electron chi connectivity index (χ3n) is 2.02. The Morgan fingerprint density at radius 2 is 1.67 bits per heavy atom. The second-order valence-corrected chi connectivity index (χ2v) is 3.15. The summed E-state index contributed by atoms with van der Waals surface area (Å²) in [4.78, 5) is 20.4. The topological polar surface area (TPSA) is 34.1 Å². The van der Waals surface area contributed by atoms with Crippen LogP contribution in [0.25, 0.3) is 0 Å². The SMILES string of the molecule is O=C1C=CCC1.O=C1CCCC1. The van der Waals surface area contributed by atoms with Crippen molar-refractivity contribution in [3.8, 4) is 0 Å². The van der Waals surface area contributed by atoms with E-state index in [0.29, 0.717) is 5.78 Å². The van der Waals surface area contributed by atoms with Gasteiger partial charge in [-0.15, -0.1) is 0 Å². The number of carbonyl (C=O) groups excluding carboxylic acids is 2.